The lowest BCUT2D eigenvalue weighted by atomic mass is 10.1. The minimum Gasteiger partial charge on any atom is -0.490 e. The maximum atomic E-state index is 12.9. The Morgan fingerprint density at radius 2 is 1.91 bits per heavy atom. The smallest absolute Gasteiger partial charge is 0.257 e. The van der Waals surface area contributed by atoms with E-state index in [4.69, 9.17) is 9.47 Å². The van der Waals surface area contributed by atoms with Crippen LogP contribution >= 0.6 is 11.3 Å². The van der Waals surface area contributed by atoms with Crippen molar-refractivity contribution < 1.29 is 14.3 Å². The predicted molar refractivity (Wildman–Crippen MR) is 134 cm³/mol. The van der Waals surface area contributed by atoms with Crippen molar-refractivity contribution in [3.8, 4) is 22.8 Å². The molecule has 170 valence electrons. The van der Waals surface area contributed by atoms with Crippen molar-refractivity contribution in [2.45, 2.75) is 13.5 Å². The molecule has 0 spiro atoms. The number of H-pyrrole nitrogens is 1. The first-order valence-corrected chi connectivity index (χ1v) is 11.7. The molecular weight excluding hydrogens is 448 g/mol. The van der Waals surface area contributed by atoms with Crippen LogP contribution in [0.1, 0.15) is 22.8 Å². The molecule has 3 heterocycles. The lowest BCUT2D eigenvalue weighted by Crippen LogP contribution is -2.12. The van der Waals surface area contributed by atoms with E-state index in [2.05, 4.69) is 20.3 Å². The van der Waals surface area contributed by atoms with Gasteiger partial charge in [0.25, 0.3) is 5.91 Å². The molecule has 34 heavy (non-hydrogen) atoms. The van der Waals surface area contributed by atoms with E-state index in [1.54, 1.807) is 30.6 Å². The molecule has 0 fully saturated rings. The second kappa shape index (κ2) is 9.76. The highest BCUT2D eigenvalue weighted by Gasteiger charge is 2.15. The number of pyridine rings is 1. The van der Waals surface area contributed by atoms with Crippen molar-refractivity contribution in [1.29, 1.82) is 0 Å². The van der Waals surface area contributed by atoms with Gasteiger partial charge in [0.05, 0.1) is 12.3 Å². The fourth-order valence-electron chi connectivity index (χ4n) is 3.58. The van der Waals surface area contributed by atoms with Crippen molar-refractivity contribution in [3.63, 3.8) is 0 Å². The van der Waals surface area contributed by atoms with Gasteiger partial charge in [-0.15, -0.1) is 11.3 Å². The largest absolute Gasteiger partial charge is 0.490 e. The number of para-hydroxylation sites is 1. The summed E-state index contributed by atoms with van der Waals surface area (Å²) < 4.78 is 11.6. The summed E-state index contributed by atoms with van der Waals surface area (Å²) in [5, 5.41) is 6.45. The molecule has 0 saturated carbocycles. The summed E-state index contributed by atoms with van der Waals surface area (Å²) in [4.78, 5) is 24.8. The molecule has 0 aliphatic rings. The lowest BCUT2D eigenvalue weighted by molar-refractivity contribution is 0.102. The van der Waals surface area contributed by atoms with Gasteiger partial charge in [0.1, 0.15) is 6.61 Å². The van der Waals surface area contributed by atoms with Crippen LogP contribution in [0, 0.1) is 0 Å². The Balaban J connectivity index is 1.31. The van der Waals surface area contributed by atoms with Crippen molar-refractivity contribution in [2.24, 2.45) is 0 Å². The van der Waals surface area contributed by atoms with Gasteiger partial charge < -0.3 is 14.5 Å². The molecule has 0 bridgehead atoms. The zero-order valence-electron chi connectivity index (χ0n) is 18.4. The van der Waals surface area contributed by atoms with E-state index < -0.39 is 0 Å². The van der Waals surface area contributed by atoms with Crippen molar-refractivity contribution in [2.75, 3.05) is 11.9 Å². The number of nitrogens with zero attached hydrogens (tertiary/aromatic N) is 2. The number of carbonyl (C=O) groups is 1. The van der Waals surface area contributed by atoms with Gasteiger partial charge in [-0.05, 0) is 48.9 Å². The average molecular weight is 471 g/mol. The van der Waals surface area contributed by atoms with E-state index in [1.807, 2.05) is 54.9 Å². The highest BCUT2D eigenvalue weighted by atomic mass is 32.1. The zero-order chi connectivity index (χ0) is 23.3. The molecule has 8 heteroatoms. The van der Waals surface area contributed by atoms with Gasteiger partial charge >= 0.3 is 0 Å². The monoisotopic (exact) mass is 470 g/mol. The number of fused-ring (bicyclic) bond motifs is 1. The molecule has 0 aliphatic carbocycles. The predicted octanol–water partition coefficient (Wildman–Crippen LogP) is 5.92. The maximum Gasteiger partial charge on any atom is 0.257 e. The first-order valence-electron chi connectivity index (χ1n) is 10.8. The number of ether oxygens (including phenoxy) is 2. The summed E-state index contributed by atoms with van der Waals surface area (Å²) >= 11 is 1.38. The summed E-state index contributed by atoms with van der Waals surface area (Å²) in [6.45, 7) is 2.72. The number of nitrogens with one attached hydrogen (secondary N) is 2. The number of aromatic amines is 1. The molecule has 0 atom stereocenters. The Morgan fingerprint density at radius 3 is 2.76 bits per heavy atom. The van der Waals surface area contributed by atoms with Crippen LogP contribution in [0.2, 0.25) is 0 Å². The van der Waals surface area contributed by atoms with E-state index >= 15 is 0 Å². The number of hydrogen-bond donors (Lipinski definition) is 2. The minimum absolute atomic E-state index is 0.263. The topological polar surface area (TPSA) is 89.1 Å². The van der Waals surface area contributed by atoms with Crippen LogP contribution in [0.15, 0.2) is 78.6 Å². The van der Waals surface area contributed by atoms with Crippen LogP contribution < -0.4 is 14.8 Å². The number of amides is 1. The van der Waals surface area contributed by atoms with Gasteiger partial charge in [0.2, 0.25) is 0 Å². The maximum absolute atomic E-state index is 12.9. The molecule has 0 aliphatic heterocycles. The Labute approximate surface area is 200 Å². The first kappa shape index (κ1) is 21.7. The molecule has 7 nitrogen and oxygen atoms in total. The summed E-state index contributed by atoms with van der Waals surface area (Å²) in [6.07, 6.45) is 5.38. The standard InChI is InChI=1S/C26H22N4O3S/c1-2-32-24-13-18(7-8-23(24)33-15-17-9-11-27-12-10-17)25(31)30-26-29-22(16-34-26)20-14-28-21-6-4-3-5-19(20)21/h3-14,16,28H,2,15H2,1H3,(H,29,30,31). The highest BCUT2D eigenvalue weighted by Crippen LogP contribution is 2.32. The van der Waals surface area contributed by atoms with Crippen LogP contribution in [0.5, 0.6) is 11.5 Å². The Bertz CT molecular complexity index is 1430. The second-order valence-corrected chi connectivity index (χ2v) is 8.34. The zero-order valence-corrected chi connectivity index (χ0v) is 19.3. The molecule has 2 aromatic carbocycles. The minimum atomic E-state index is -0.263. The Kier molecular flexibility index (Phi) is 6.22. The molecule has 3 aromatic heterocycles. The average Bonchev–Trinajstić information content (AvgIpc) is 3.51. The summed E-state index contributed by atoms with van der Waals surface area (Å²) in [5.74, 6) is 0.829. The third-order valence-electron chi connectivity index (χ3n) is 5.24. The Morgan fingerprint density at radius 1 is 1.06 bits per heavy atom. The SMILES string of the molecule is CCOc1cc(C(=O)Nc2nc(-c3c[nH]c4ccccc34)cs2)ccc1OCc1ccncc1. The van der Waals surface area contributed by atoms with Crippen LogP contribution in [0.25, 0.3) is 22.2 Å². The number of rotatable bonds is 8. The van der Waals surface area contributed by atoms with Crippen molar-refractivity contribution >= 4 is 33.3 Å². The molecule has 0 unspecified atom stereocenters. The molecule has 1 amide bonds. The quantitative estimate of drug-likeness (QED) is 0.294. The van der Waals surface area contributed by atoms with E-state index in [9.17, 15) is 4.79 Å². The number of aromatic nitrogens is 3. The van der Waals surface area contributed by atoms with Gasteiger partial charge in [0.15, 0.2) is 16.6 Å². The Hall–Kier alpha value is -4.17. The molecule has 0 saturated heterocycles. The van der Waals surface area contributed by atoms with Crippen LogP contribution in [-0.2, 0) is 6.61 Å². The number of anilines is 1. The summed E-state index contributed by atoms with van der Waals surface area (Å²) in [7, 11) is 0. The van der Waals surface area contributed by atoms with E-state index in [-0.39, 0.29) is 5.91 Å². The number of carbonyl (C=O) groups excluding carboxylic acids is 1. The van der Waals surface area contributed by atoms with E-state index in [0.29, 0.717) is 35.4 Å². The highest BCUT2D eigenvalue weighted by molar-refractivity contribution is 7.14. The van der Waals surface area contributed by atoms with Gasteiger partial charge in [-0.1, -0.05) is 18.2 Å². The van der Waals surface area contributed by atoms with Gasteiger partial charge in [-0.25, -0.2) is 4.98 Å². The van der Waals surface area contributed by atoms with E-state index in [0.717, 1.165) is 27.7 Å². The van der Waals surface area contributed by atoms with Crippen LogP contribution in [-0.4, -0.2) is 27.5 Å². The molecule has 5 rings (SSSR count). The fraction of sp³-hybridized carbons (Fsp3) is 0.115. The van der Waals surface area contributed by atoms with Gasteiger partial charge in [-0.2, -0.15) is 0 Å². The molecule has 2 N–H and O–H groups in total. The summed E-state index contributed by atoms with van der Waals surface area (Å²) in [6, 6.07) is 17.0. The third kappa shape index (κ3) is 4.62. The molecule has 0 radical (unpaired) electrons. The van der Waals surface area contributed by atoms with Gasteiger partial charge in [0, 0.05) is 46.0 Å². The van der Waals surface area contributed by atoms with Crippen molar-refractivity contribution in [3.05, 3.63) is 89.7 Å². The molecule has 5 aromatic rings. The number of benzene rings is 2. The van der Waals surface area contributed by atoms with Crippen LogP contribution in [0.3, 0.4) is 0 Å². The van der Waals surface area contributed by atoms with E-state index in [1.165, 1.54) is 11.3 Å². The fourth-order valence-corrected chi connectivity index (χ4v) is 4.29. The molecular formula is C26H22N4O3S. The second-order valence-electron chi connectivity index (χ2n) is 7.48. The van der Waals surface area contributed by atoms with Crippen LogP contribution in [0.4, 0.5) is 5.13 Å². The summed E-state index contributed by atoms with van der Waals surface area (Å²) in [5.41, 5.74) is 4.32. The van der Waals surface area contributed by atoms with Gasteiger partial charge in [-0.3, -0.25) is 15.1 Å². The number of thiazole rings is 1. The number of hydrogen-bond acceptors (Lipinski definition) is 6. The third-order valence-corrected chi connectivity index (χ3v) is 6.00. The first-order chi connectivity index (χ1) is 16.7. The lowest BCUT2D eigenvalue weighted by Gasteiger charge is -2.13. The van der Waals surface area contributed by atoms with Crippen molar-refractivity contribution in [1.82, 2.24) is 15.0 Å². The normalized spacial score (nSPS) is 10.9.